The normalized spacial score (nSPS) is 19.7. The zero-order chi connectivity index (χ0) is 17.9. The Morgan fingerprint density at radius 2 is 1.80 bits per heavy atom. The third-order valence-electron chi connectivity index (χ3n) is 5.44. The summed E-state index contributed by atoms with van der Waals surface area (Å²) in [6, 6.07) is 8.86. The van der Waals surface area contributed by atoms with Gasteiger partial charge < -0.3 is 20.9 Å². The van der Waals surface area contributed by atoms with Gasteiger partial charge >= 0.3 is 6.03 Å². The Morgan fingerprint density at radius 3 is 2.40 bits per heavy atom. The summed E-state index contributed by atoms with van der Waals surface area (Å²) < 4.78 is 0. The molecule has 0 aromatic heterocycles. The van der Waals surface area contributed by atoms with E-state index < -0.39 is 5.54 Å². The van der Waals surface area contributed by atoms with Crippen LogP contribution in [0, 0.1) is 5.41 Å². The lowest BCUT2D eigenvalue weighted by atomic mass is 9.77. The lowest BCUT2D eigenvalue weighted by Crippen LogP contribution is -2.58. The molecule has 2 saturated heterocycles. The van der Waals surface area contributed by atoms with E-state index in [1.807, 2.05) is 35.2 Å². The van der Waals surface area contributed by atoms with Crippen molar-refractivity contribution in [2.24, 2.45) is 5.41 Å². The number of nitrogens with zero attached hydrogens (tertiary/aromatic N) is 1. The van der Waals surface area contributed by atoms with Gasteiger partial charge in [0.2, 0.25) is 5.91 Å². The number of rotatable bonds is 3. The van der Waals surface area contributed by atoms with Crippen molar-refractivity contribution < 1.29 is 9.59 Å². The highest BCUT2D eigenvalue weighted by Gasteiger charge is 2.41. The quantitative estimate of drug-likeness (QED) is 0.787. The largest absolute Gasteiger partial charge is 0.341 e. The van der Waals surface area contributed by atoms with E-state index in [0.717, 1.165) is 39.0 Å². The molecule has 1 aromatic carbocycles. The van der Waals surface area contributed by atoms with Crippen molar-refractivity contribution >= 4 is 17.6 Å². The van der Waals surface area contributed by atoms with E-state index in [-0.39, 0.29) is 11.9 Å². The number of urea groups is 1. The van der Waals surface area contributed by atoms with Gasteiger partial charge in [0, 0.05) is 25.3 Å². The van der Waals surface area contributed by atoms with Crippen LogP contribution in [0.1, 0.15) is 33.1 Å². The topological polar surface area (TPSA) is 73.5 Å². The van der Waals surface area contributed by atoms with Crippen molar-refractivity contribution in [2.75, 3.05) is 31.5 Å². The Kier molecular flexibility index (Phi) is 4.99. The molecule has 1 spiro atoms. The highest BCUT2D eigenvalue weighted by Crippen LogP contribution is 2.37. The van der Waals surface area contributed by atoms with Crippen molar-refractivity contribution in [3.63, 3.8) is 0 Å². The molecule has 2 aliphatic rings. The summed E-state index contributed by atoms with van der Waals surface area (Å²) >= 11 is 0. The molecule has 3 rings (SSSR count). The molecule has 0 unspecified atom stereocenters. The number of carbonyl (C=O) groups is 2. The van der Waals surface area contributed by atoms with Crippen LogP contribution in [0.2, 0.25) is 0 Å². The van der Waals surface area contributed by atoms with Crippen LogP contribution in [-0.2, 0) is 4.79 Å². The third kappa shape index (κ3) is 4.12. The number of para-hydroxylation sites is 1. The number of likely N-dealkylation sites (tertiary alicyclic amines) is 1. The lowest BCUT2D eigenvalue weighted by molar-refractivity contribution is -0.138. The third-order valence-corrected chi connectivity index (χ3v) is 5.44. The fourth-order valence-corrected chi connectivity index (χ4v) is 3.82. The standard InChI is InChI=1S/C19H28N4O2/c1-18(2,22-17(25)21-15-6-4-3-5-7-15)16(24)23-12-9-19(10-13-23)8-11-20-14-19/h3-7,20H,8-14H2,1-2H3,(H2,21,22,25). The van der Waals surface area contributed by atoms with Crippen molar-refractivity contribution in [3.8, 4) is 0 Å². The fourth-order valence-electron chi connectivity index (χ4n) is 3.82. The Balaban J connectivity index is 1.54. The predicted molar refractivity (Wildman–Crippen MR) is 98.4 cm³/mol. The van der Waals surface area contributed by atoms with Gasteiger partial charge in [-0.3, -0.25) is 4.79 Å². The molecule has 25 heavy (non-hydrogen) atoms. The number of anilines is 1. The van der Waals surface area contributed by atoms with Crippen LogP contribution < -0.4 is 16.0 Å². The van der Waals surface area contributed by atoms with E-state index in [9.17, 15) is 9.59 Å². The van der Waals surface area contributed by atoms with Gasteiger partial charge in [-0.25, -0.2) is 4.79 Å². The van der Waals surface area contributed by atoms with Crippen LogP contribution in [0.4, 0.5) is 10.5 Å². The zero-order valence-electron chi connectivity index (χ0n) is 15.1. The van der Waals surface area contributed by atoms with Crippen LogP contribution in [0.5, 0.6) is 0 Å². The molecule has 1 aromatic rings. The van der Waals surface area contributed by atoms with Gasteiger partial charge in [-0.05, 0) is 57.2 Å². The monoisotopic (exact) mass is 344 g/mol. The summed E-state index contributed by atoms with van der Waals surface area (Å²) in [4.78, 5) is 27.0. The van der Waals surface area contributed by atoms with Crippen LogP contribution in [-0.4, -0.2) is 48.6 Å². The second-order valence-corrected chi connectivity index (χ2v) is 7.79. The molecular formula is C19H28N4O2. The average Bonchev–Trinajstić information content (AvgIpc) is 3.03. The first kappa shape index (κ1) is 17.7. The van der Waals surface area contributed by atoms with E-state index in [2.05, 4.69) is 16.0 Å². The average molecular weight is 344 g/mol. The molecule has 0 atom stereocenters. The number of carbonyl (C=O) groups excluding carboxylic acids is 2. The number of nitrogens with one attached hydrogen (secondary N) is 3. The van der Waals surface area contributed by atoms with Crippen LogP contribution in [0.25, 0.3) is 0 Å². The van der Waals surface area contributed by atoms with E-state index in [0.29, 0.717) is 11.1 Å². The summed E-state index contributed by atoms with van der Waals surface area (Å²) in [6.07, 6.45) is 3.28. The molecule has 2 fully saturated rings. The van der Waals surface area contributed by atoms with Crippen LogP contribution in [0.3, 0.4) is 0 Å². The molecule has 136 valence electrons. The maximum atomic E-state index is 12.9. The zero-order valence-corrected chi connectivity index (χ0v) is 15.1. The van der Waals surface area contributed by atoms with Gasteiger partial charge in [-0.1, -0.05) is 18.2 Å². The fraction of sp³-hybridized carbons (Fsp3) is 0.579. The predicted octanol–water partition coefficient (Wildman–Crippen LogP) is 2.19. The highest BCUT2D eigenvalue weighted by molar-refractivity contribution is 5.95. The maximum absolute atomic E-state index is 12.9. The molecule has 2 heterocycles. The smallest absolute Gasteiger partial charge is 0.320 e. The number of hydrogen-bond donors (Lipinski definition) is 3. The summed E-state index contributed by atoms with van der Waals surface area (Å²) in [5, 5.41) is 9.01. The number of amides is 3. The minimum atomic E-state index is -0.933. The van der Waals surface area contributed by atoms with E-state index >= 15 is 0 Å². The van der Waals surface area contributed by atoms with Gasteiger partial charge in [0.05, 0.1) is 0 Å². The summed E-state index contributed by atoms with van der Waals surface area (Å²) in [5.74, 6) is -0.0171. The molecule has 3 N–H and O–H groups in total. The first-order chi connectivity index (χ1) is 11.9. The van der Waals surface area contributed by atoms with Gasteiger partial charge in [0.1, 0.15) is 5.54 Å². The molecule has 0 aliphatic carbocycles. The lowest BCUT2D eigenvalue weighted by Gasteiger charge is -2.41. The van der Waals surface area contributed by atoms with Crippen molar-refractivity contribution in [1.29, 1.82) is 0 Å². The Hall–Kier alpha value is -2.08. The second-order valence-electron chi connectivity index (χ2n) is 7.79. The number of hydrogen-bond acceptors (Lipinski definition) is 3. The van der Waals surface area contributed by atoms with Gasteiger partial charge in [-0.2, -0.15) is 0 Å². The first-order valence-corrected chi connectivity index (χ1v) is 9.05. The van der Waals surface area contributed by atoms with Crippen LogP contribution in [0.15, 0.2) is 30.3 Å². The van der Waals surface area contributed by atoms with Crippen molar-refractivity contribution in [1.82, 2.24) is 15.5 Å². The Bertz CT molecular complexity index is 614. The Labute approximate surface area is 149 Å². The van der Waals surface area contributed by atoms with Gasteiger partial charge in [-0.15, -0.1) is 0 Å². The Morgan fingerprint density at radius 1 is 1.12 bits per heavy atom. The summed E-state index contributed by atoms with van der Waals surface area (Å²) in [5.41, 5.74) is 0.146. The van der Waals surface area contributed by atoms with E-state index in [1.54, 1.807) is 13.8 Å². The first-order valence-electron chi connectivity index (χ1n) is 9.05. The summed E-state index contributed by atoms with van der Waals surface area (Å²) in [7, 11) is 0. The van der Waals surface area contributed by atoms with Gasteiger partial charge in [0.15, 0.2) is 0 Å². The minimum absolute atomic E-state index is 0.0171. The molecular weight excluding hydrogens is 316 g/mol. The number of benzene rings is 1. The van der Waals surface area contributed by atoms with E-state index in [4.69, 9.17) is 0 Å². The summed E-state index contributed by atoms with van der Waals surface area (Å²) in [6.45, 7) is 7.22. The van der Waals surface area contributed by atoms with Gasteiger partial charge in [0.25, 0.3) is 0 Å². The van der Waals surface area contributed by atoms with Crippen molar-refractivity contribution in [2.45, 2.75) is 38.6 Å². The van der Waals surface area contributed by atoms with Crippen molar-refractivity contribution in [3.05, 3.63) is 30.3 Å². The molecule has 0 saturated carbocycles. The molecule has 0 radical (unpaired) electrons. The maximum Gasteiger partial charge on any atom is 0.320 e. The minimum Gasteiger partial charge on any atom is -0.341 e. The van der Waals surface area contributed by atoms with Crippen LogP contribution >= 0.6 is 0 Å². The highest BCUT2D eigenvalue weighted by atomic mass is 16.2. The van der Waals surface area contributed by atoms with E-state index in [1.165, 1.54) is 6.42 Å². The molecule has 6 nitrogen and oxygen atoms in total. The molecule has 3 amide bonds. The molecule has 6 heteroatoms. The number of piperidine rings is 1. The second kappa shape index (κ2) is 7.04. The SMILES string of the molecule is CC(C)(NC(=O)Nc1ccccc1)C(=O)N1CCC2(CCNC2)CC1. The molecule has 2 aliphatic heterocycles. The molecule has 0 bridgehead atoms.